The number of rotatable bonds is 14. The molecule has 0 amide bonds. The number of ketones is 1. The van der Waals surface area contributed by atoms with Gasteiger partial charge in [-0.2, -0.15) is 0 Å². The highest BCUT2D eigenvalue weighted by Gasteiger charge is 2.27. The molecule has 2 aliphatic rings. The third-order valence-corrected chi connectivity index (χ3v) is 10.3. The number of aliphatic carboxylic acids is 1. The third-order valence-electron chi connectivity index (χ3n) is 10.3. The minimum absolute atomic E-state index is 0.0197. The van der Waals surface area contributed by atoms with Crippen molar-refractivity contribution in [3.63, 3.8) is 0 Å². The van der Waals surface area contributed by atoms with E-state index in [1.165, 1.54) is 14.0 Å². The van der Waals surface area contributed by atoms with Crippen molar-refractivity contribution in [2.24, 2.45) is 17.8 Å². The second-order valence-electron chi connectivity index (χ2n) is 16.5. The smallest absolute Gasteiger partial charge is 0.306 e. The van der Waals surface area contributed by atoms with Gasteiger partial charge in [-0.1, -0.05) is 81.0 Å². The first-order chi connectivity index (χ1) is 30.4. The zero-order valence-electron chi connectivity index (χ0n) is 40.3. The number of carbonyl (C=O) groups excluding carboxylic acids is 4. The maximum atomic E-state index is 12.2. The lowest BCUT2D eigenvalue weighted by molar-refractivity contribution is -0.154. The van der Waals surface area contributed by atoms with Crippen molar-refractivity contribution in [1.29, 1.82) is 0 Å². The lowest BCUT2D eigenvalue weighted by Crippen LogP contribution is -2.36. The molecule has 2 aliphatic heterocycles. The molecule has 0 radical (unpaired) electrons. The van der Waals surface area contributed by atoms with E-state index in [2.05, 4.69) is 0 Å². The molecule has 2 heterocycles. The molecule has 0 aromatic rings. The molecule has 364 valence electrons. The van der Waals surface area contributed by atoms with Crippen LogP contribution in [0.4, 0.5) is 0 Å². The molecule has 0 bridgehead atoms. The van der Waals surface area contributed by atoms with E-state index in [9.17, 15) is 29.1 Å². The first-order valence-electron chi connectivity index (χ1n) is 22.5. The molecule has 14 heteroatoms. The number of carbonyl (C=O) groups is 5. The Hall–Kier alpha value is -4.21. The van der Waals surface area contributed by atoms with Crippen molar-refractivity contribution < 1.29 is 67.7 Å². The standard InChI is InChI=1S/C18H28O5.C16H28O5.C16H24O4/c1-13-11-14(2)18(23-15(3)19)16(21-4)9-7-5-6-8-10-17(20)22-12-13;1-12(11-17)10-13(2)16(20)14(21-3)8-6-4-5-7-9-15(18)19;1-12-10-13(2)16(18)14(19-3)8-6-4-5-7-9-15(17)20-11-12/h7,9,11,14,16,18H,5-6,8,10,12H2,1-4H3;6,8,10,13-14,16-17,20H,4-5,7,9,11H2,1-3H3,(H,18,19);6,8,10,13-14H,4-5,7,9,11H2,1-3H3/b9-7+,13-11-;2*8-6+,12-10-/t14-,16+,18+;13-,14+,16+;13-,14+/m111/s1. The average Bonchev–Trinajstić information content (AvgIpc) is 3.25. The summed E-state index contributed by atoms with van der Waals surface area (Å²) in [5.74, 6) is -1.88. The highest BCUT2D eigenvalue weighted by molar-refractivity contribution is 5.88. The summed E-state index contributed by atoms with van der Waals surface area (Å²) in [7, 11) is 4.69. The van der Waals surface area contributed by atoms with Crippen LogP contribution in [0.15, 0.2) is 71.4 Å². The molecule has 0 unspecified atom stereocenters. The number of hydrogen-bond donors (Lipinski definition) is 3. The van der Waals surface area contributed by atoms with Crippen LogP contribution in [-0.4, -0.2) is 117 Å². The minimum atomic E-state index is -0.774. The zero-order valence-corrected chi connectivity index (χ0v) is 40.3. The number of allylic oxidation sites excluding steroid dienone is 4. The highest BCUT2D eigenvalue weighted by atomic mass is 16.6. The second kappa shape index (κ2) is 36.1. The number of esters is 3. The van der Waals surface area contributed by atoms with Gasteiger partial charge >= 0.3 is 23.9 Å². The third kappa shape index (κ3) is 28.6. The van der Waals surface area contributed by atoms with Crippen LogP contribution in [0.25, 0.3) is 0 Å². The highest BCUT2D eigenvalue weighted by Crippen LogP contribution is 2.21. The largest absolute Gasteiger partial charge is 0.481 e. The molecule has 0 saturated carbocycles. The van der Waals surface area contributed by atoms with Gasteiger partial charge in [0.15, 0.2) is 5.78 Å². The van der Waals surface area contributed by atoms with Crippen molar-refractivity contribution in [3.8, 4) is 0 Å². The first-order valence-corrected chi connectivity index (χ1v) is 22.5. The number of methoxy groups -OCH3 is 3. The summed E-state index contributed by atoms with van der Waals surface area (Å²) >= 11 is 0. The molecule has 0 aliphatic carbocycles. The van der Waals surface area contributed by atoms with E-state index in [1.54, 1.807) is 14.2 Å². The monoisotopic (exact) mass is 905 g/mol. The molecule has 2 rings (SSSR count). The van der Waals surface area contributed by atoms with Crippen molar-refractivity contribution in [1.82, 2.24) is 0 Å². The van der Waals surface area contributed by atoms with Gasteiger partial charge in [-0.15, -0.1) is 0 Å². The molecule has 14 nitrogen and oxygen atoms in total. The van der Waals surface area contributed by atoms with Crippen molar-refractivity contribution in [2.45, 2.75) is 156 Å². The SMILES string of the molecule is CO[C@@H](/C=C/CCCCC(=O)O)[C@@H](O)[C@H](C)/C=C(/C)CO.CO[C@H]1/C=C/CCCCC(=O)OC/C(C)=C\[C@@H](C)C1=O.CO[C@H]1/C=C/CCCCC(=O)OC/C(C)=C\[C@@H](C)[C@@H]1OC(C)=O. The number of aliphatic hydroxyl groups excluding tert-OH is 2. The minimum Gasteiger partial charge on any atom is -0.481 e. The molecule has 0 aromatic carbocycles. The molecule has 64 heavy (non-hydrogen) atoms. The van der Waals surface area contributed by atoms with Crippen LogP contribution in [0.2, 0.25) is 0 Å². The van der Waals surface area contributed by atoms with E-state index in [1.807, 2.05) is 96.2 Å². The molecule has 0 saturated heterocycles. The average molecular weight is 905 g/mol. The van der Waals surface area contributed by atoms with E-state index in [-0.39, 0.29) is 73.8 Å². The quantitative estimate of drug-likeness (QED) is 0.0652. The molecule has 0 fully saturated rings. The van der Waals surface area contributed by atoms with Gasteiger partial charge in [0, 0.05) is 65.3 Å². The Morgan fingerprint density at radius 2 is 1.44 bits per heavy atom. The Labute approximate surface area is 382 Å². The van der Waals surface area contributed by atoms with Gasteiger partial charge in [0.1, 0.15) is 37.6 Å². The maximum absolute atomic E-state index is 12.2. The summed E-state index contributed by atoms with van der Waals surface area (Å²) in [6, 6.07) is 0. The number of carboxylic acid groups (broad SMARTS) is 1. The van der Waals surface area contributed by atoms with Crippen LogP contribution < -0.4 is 0 Å². The Morgan fingerprint density at radius 1 is 0.859 bits per heavy atom. The normalized spacial score (nSPS) is 26.4. The van der Waals surface area contributed by atoms with Gasteiger partial charge in [-0.3, -0.25) is 24.0 Å². The Bertz CT molecular complexity index is 1560. The van der Waals surface area contributed by atoms with Gasteiger partial charge in [0.05, 0.1) is 12.7 Å². The second-order valence-corrected chi connectivity index (χ2v) is 16.5. The number of aliphatic hydroxyl groups is 2. The van der Waals surface area contributed by atoms with Crippen molar-refractivity contribution in [2.75, 3.05) is 41.2 Å². The Balaban J connectivity index is 0.000000933. The molecular formula is C50H80O14. The summed E-state index contributed by atoms with van der Waals surface area (Å²) < 4.78 is 31.9. The summed E-state index contributed by atoms with van der Waals surface area (Å²) in [6.07, 6.45) is 23.1. The summed E-state index contributed by atoms with van der Waals surface area (Å²) in [4.78, 5) is 57.1. The van der Waals surface area contributed by atoms with E-state index in [0.717, 1.165) is 68.1 Å². The zero-order chi connectivity index (χ0) is 48.5. The number of hydrogen-bond acceptors (Lipinski definition) is 13. The molecular weight excluding hydrogens is 825 g/mol. The number of Topliss-reactive ketones (excluding diaryl/α,β-unsaturated/α-hetero) is 1. The Morgan fingerprint density at radius 3 is 1.95 bits per heavy atom. The fourth-order valence-corrected chi connectivity index (χ4v) is 6.73. The topological polar surface area (TPSA) is 201 Å². The van der Waals surface area contributed by atoms with Crippen LogP contribution in [0.5, 0.6) is 0 Å². The number of ether oxygens (including phenoxy) is 6. The van der Waals surface area contributed by atoms with Gasteiger partial charge in [0.2, 0.25) is 0 Å². The molecule has 0 aromatic heterocycles. The lowest BCUT2D eigenvalue weighted by atomic mass is 9.96. The number of unbranched alkanes of at least 4 members (excludes halogenated alkanes) is 2. The van der Waals surface area contributed by atoms with E-state index in [4.69, 9.17) is 38.6 Å². The summed E-state index contributed by atoms with van der Waals surface area (Å²) in [6.45, 7) is 13.1. The maximum Gasteiger partial charge on any atom is 0.306 e. The van der Waals surface area contributed by atoms with Gasteiger partial charge in [0.25, 0.3) is 0 Å². The fourth-order valence-electron chi connectivity index (χ4n) is 6.73. The van der Waals surface area contributed by atoms with Crippen LogP contribution in [0.3, 0.4) is 0 Å². The van der Waals surface area contributed by atoms with Crippen LogP contribution in [-0.2, 0) is 52.4 Å². The first kappa shape index (κ1) is 59.8. The van der Waals surface area contributed by atoms with E-state index >= 15 is 0 Å². The number of carboxylic acids is 1. The summed E-state index contributed by atoms with van der Waals surface area (Å²) in [5.41, 5.74) is 2.63. The van der Waals surface area contributed by atoms with Crippen molar-refractivity contribution in [3.05, 3.63) is 71.4 Å². The predicted molar refractivity (Wildman–Crippen MR) is 247 cm³/mol. The van der Waals surface area contributed by atoms with Gasteiger partial charge in [-0.25, -0.2) is 0 Å². The Kier molecular flexibility index (Phi) is 33.7. The fraction of sp³-hybridized carbons (Fsp3) is 0.660. The molecule has 3 N–H and O–H groups in total. The number of cyclic esters (lactones) is 2. The van der Waals surface area contributed by atoms with Crippen LogP contribution >= 0.6 is 0 Å². The van der Waals surface area contributed by atoms with Gasteiger partial charge in [-0.05, 0) is 89.7 Å². The van der Waals surface area contributed by atoms with E-state index in [0.29, 0.717) is 19.3 Å². The van der Waals surface area contributed by atoms with Crippen LogP contribution in [0.1, 0.15) is 126 Å². The van der Waals surface area contributed by atoms with Gasteiger partial charge < -0.3 is 43.7 Å². The lowest BCUT2D eigenvalue weighted by Gasteiger charge is -2.27. The molecule has 0 spiro atoms. The molecule has 8 atom stereocenters. The van der Waals surface area contributed by atoms with Crippen molar-refractivity contribution >= 4 is 29.7 Å². The van der Waals surface area contributed by atoms with E-state index < -0.39 is 30.4 Å². The summed E-state index contributed by atoms with van der Waals surface area (Å²) in [5, 5.41) is 27.7. The predicted octanol–water partition coefficient (Wildman–Crippen LogP) is 8.15. The van der Waals surface area contributed by atoms with Crippen LogP contribution in [0, 0.1) is 17.8 Å².